The molecular formula is C22H21F4N3O3. The van der Waals surface area contributed by atoms with Gasteiger partial charge >= 0.3 is 6.18 Å². The lowest BCUT2D eigenvalue weighted by Gasteiger charge is -2.49. The molecule has 1 aromatic heterocycles. The fourth-order valence-electron chi connectivity index (χ4n) is 4.69. The van der Waals surface area contributed by atoms with Gasteiger partial charge in [-0.05, 0) is 35.6 Å². The molecule has 10 heteroatoms. The van der Waals surface area contributed by atoms with Crippen LogP contribution in [-0.4, -0.2) is 34.2 Å². The Balaban J connectivity index is 1.99. The van der Waals surface area contributed by atoms with E-state index in [1.807, 2.05) is 0 Å². The number of alkyl halides is 3. The van der Waals surface area contributed by atoms with E-state index in [4.69, 9.17) is 4.74 Å². The summed E-state index contributed by atoms with van der Waals surface area (Å²) in [6.07, 6.45) is -4.44. The van der Waals surface area contributed by atoms with Crippen LogP contribution < -0.4 is 15.6 Å². The molecule has 1 aliphatic rings. The summed E-state index contributed by atoms with van der Waals surface area (Å²) in [4.78, 5) is 12.1. The first kappa shape index (κ1) is 22.1. The van der Waals surface area contributed by atoms with E-state index in [1.54, 1.807) is 0 Å². The first-order valence-electron chi connectivity index (χ1n) is 9.79. The highest BCUT2D eigenvalue weighted by Crippen LogP contribution is 2.56. The predicted octanol–water partition coefficient (Wildman–Crippen LogP) is 4.20. The minimum absolute atomic E-state index is 0.0501. The lowest BCUT2D eigenvalue weighted by atomic mass is 9.63. The van der Waals surface area contributed by atoms with Crippen molar-refractivity contribution in [2.75, 3.05) is 12.4 Å². The molecule has 1 aliphatic carbocycles. The highest BCUT2D eigenvalue weighted by atomic mass is 19.4. The van der Waals surface area contributed by atoms with E-state index in [0.29, 0.717) is 0 Å². The van der Waals surface area contributed by atoms with Crippen LogP contribution in [0.1, 0.15) is 37.4 Å². The van der Waals surface area contributed by atoms with Gasteiger partial charge in [0.25, 0.3) is 5.56 Å². The molecule has 0 aliphatic heterocycles. The summed E-state index contributed by atoms with van der Waals surface area (Å²) in [7, 11) is 1.24. The highest BCUT2D eigenvalue weighted by Gasteiger charge is 2.64. The smallest absolute Gasteiger partial charge is 0.419 e. The van der Waals surface area contributed by atoms with Crippen molar-refractivity contribution >= 4 is 16.5 Å². The van der Waals surface area contributed by atoms with E-state index >= 15 is 0 Å². The standard InChI is InChI=1S/C22H21F4N3O3/c1-20(2)10-21(31,22(24,25)26)18(12-7-8-14(23)17(32-3)16(12)20)28-15-6-4-5-11-13(15)9-27-29-19(11)30/h4-9,18,28,31H,10H2,1-3H3,(H,29,30). The zero-order chi connectivity index (χ0) is 23.5. The highest BCUT2D eigenvalue weighted by molar-refractivity contribution is 5.92. The van der Waals surface area contributed by atoms with Crippen LogP contribution in [0.4, 0.5) is 23.2 Å². The largest absolute Gasteiger partial charge is 0.493 e. The molecule has 2 aromatic carbocycles. The molecule has 0 radical (unpaired) electrons. The molecule has 32 heavy (non-hydrogen) atoms. The van der Waals surface area contributed by atoms with E-state index in [1.165, 1.54) is 51.4 Å². The molecule has 0 spiro atoms. The van der Waals surface area contributed by atoms with Gasteiger partial charge in [-0.1, -0.05) is 26.0 Å². The van der Waals surface area contributed by atoms with Crippen LogP contribution in [0.3, 0.4) is 0 Å². The van der Waals surface area contributed by atoms with Crippen molar-refractivity contribution in [1.29, 1.82) is 0 Å². The van der Waals surface area contributed by atoms with Crippen molar-refractivity contribution in [3.8, 4) is 5.75 Å². The number of hydrogen-bond acceptors (Lipinski definition) is 5. The summed E-state index contributed by atoms with van der Waals surface area (Å²) < 4.78 is 62.6. The predicted molar refractivity (Wildman–Crippen MR) is 110 cm³/mol. The molecule has 6 nitrogen and oxygen atoms in total. The zero-order valence-electron chi connectivity index (χ0n) is 17.5. The minimum atomic E-state index is -5.01. The Morgan fingerprint density at radius 1 is 1.22 bits per heavy atom. The van der Waals surface area contributed by atoms with Crippen molar-refractivity contribution in [2.24, 2.45) is 0 Å². The fourth-order valence-corrected chi connectivity index (χ4v) is 4.69. The van der Waals surface area contributed by atoms with Crippen LogP contribution in [-0.2, 0) is 5.41 Å². The molecule has 0 saturated carbocycles. The lowest BCUT2D eigenvalue weighted by Crippen LogP contribution is -2.58. The molecule has 0 bridgehead atoms. The van der Waals surface area contributed by atoms with E-state index < -0.39 is 41.0 Å². The maximum absolute atomic E-state index is 14.5. The Morgan fingerprint density at radius 3 is 2.59 bits per heavy atom. The van der Waals surface area contributed by atoms with Gasteiger partial charge < -0.3 is 15.2 Å². The SMILES string of the molecule is COc1c(F)ccc2c1C(C)(C)CC(O)(C(F)(F)F)C2Nc1cccc2c(=O)[nH]ncc12. The van der Waals surface area contributed by atoms with Crippen molar-refractivity contribution in [1.82, 2.24) is 10.2 Å². The Kier molecular flexibility index (Phi) is 4.96. The third-order valence-electron chi connectivity index (χ3n) is 6.02. The number of fused-ring (bicyclic) bond motifs is 2. The molecule has 2 atom stereocenters. The maximum atomic E-state index is 14.5. The third kappa shape index (κ3) is 3.21. The number of nitrogens with one attached hydrogen (secondary N) is 2. The molecule has 1 heterocycles. The second-order valence-corrected chi connectivity index (χ2v) is 8.57. The first-order valence-corrected chi connectivity index (χ1v) is 9.79. The van der Waals surface area contributed by atoms with E-state index in [9.17, 15) is 27.5 Å². The Morgan fingerprint density at radius 2 is 1.94 bits per heavy atom. The maximum Gasteiger partial charge on any atom is 0.419 e. The third-order valence-corrected chi connectivity index (χ3v) is 6.02. The second-order valence-electron chi connectivity index (χ2n) is 8.57. The molecule has 3 aromatic rings. The van der Waals surface area contributed by atoms with Gasteiger partial charge in [-0.3, -0.25) is 4.79 Å². The molecule has 3 N–H and O–H groups in total. The van der Waals surface area contributed by atoms with Gasteiger partial charge in [-0.15, -0.1) is 0 Å². The number of halogens is 4. The lowest BCUT2D eigenvalue weighted by molar-refractivity contribution is -0.275. The number of aliphatic hydroxyl groups is 1. The number of anilines is 1. The van der Waals surface area contributed by atoms with Gasteiger partial charge in [0.1, 0.15) is 0 Å². The van der Waals surface area contributed by atoms with Crippen LogP contribution in [0, 0.1) is 5.82 Å². The van der Waals surface area contributed by atoms with Crippen LogP contribution in [0.25, 0.3) is 10.8 Å². The molecule has 2 unspecified atom stereocenters. The second kappa shape index (κ2) is 7.19. The Hall–Kier alpha value is -3.14. The number of rotatable bonds is 3. The van der Waals surface area contributed by atoms with Crippen molar-refractivity contribution in [2.45, 2.75) is 43.5 Å². The number of ether oxygens (including phenoxy) is 1. The Labute approximate surface area is 180 Å². The molecular weight excluding hydrogens is 430 g/mol. The van der Waals surface area contributed by atoms with E-state index in [0.717, 1.165) is 6.07 Å². The summed E-state index contributed by atoms with van der Waals surface area (Å²) in [6.45, 7) is 3.00. The first-order chi connectivity index (χ1) is 14.9. The molecule has 0 fully saturated rings. The number of benzene rings is 2. The summed E-state index contributed by atoms with van der Waals surface area (Å²) in [6, 6.07) is 5.03. The number of aromatic nitrogens is 2. The van der Waals surface area contributed by atoms with Gasteiger partial charge in [0.15, 0.2) is 17.2 Å². The minimum Gasteiger partial charge on any atom is -0.493 e. The number of methoxy groups -OCH3 is 1. The number of aromatic amines is 1. The van der Waals surface area contributed by atoms with Crippen LogP contribution >= 0.6 is 0 Å². The average molecular weight is 451 g/mol. The number of hydrogen-bond donors (Lipinski definition) is 3. The van der Waals surface area contributed by atoms with Gasteiger partial charge in [0, 0.05) is 16.6 Å². The zero-order valence-corrected chi connectivity index (χ0v) is 17.5. The van der Waals surface area contributed by atoms with Crippen LogP contribution in [0.5, 0.6) is 5.75 Å². The summed E-state index contributed by atoms with van der Waals surface area (Å²) in [5.41, 5.74) is -4.50. The molecule has 4 rings (SSSR count). The van der Waals surface area contributed by atoms with Crippen LogP contribution in [0.15, 0.2) is 41.3 Å². The van der Waals surface area contributed by atoms with Gasteiger partial charge in [-0.2, -0.15) is 18.3 Å². The van der Waals surface area contributed by atoms with E-state index in [2.05, 4.69) is 15.5 Å². The van der Waals surface area contributed by atoms with Crippen molar-refractivity contribution in [3.63, 3.8) is 0 Å². The van der Waals surface area contributed by atoms with Gasteiger partial charge in [0.05, 0.1) is 24.7 Å². The van der Waals surface area contributed by atoms with Crippen LogP contribution in [0.2, 0.25) is 0 Å². The van der Waals surface area contributed by atoms with E-state index in [-0.39, 0.29) is 33.3 Å². The molecule has 0 saturated heterocycles. The van der Waals surface area contributed by atoms with Gasteiger partial charge in [0.2, 0.25) is 0 Å². The summed E-state index contributed by atoms with van der Waals surface area (Å²) in [5, 5.41) is 20.3. The van der Waals surface area contributed by atoms with Crippen molar-refractivity contribution < 1.29 is 27.4 Å². The van der Waals surface area contributed by atoms with Gasteiger partial charge in [-0.25, -0.2) is 9.49 Å². The number of nitrogens with zero attached hydrogens (tertiary/aromatic N) is 1. The summed E-state index contributed by atoms with van der Waals surface area (Å²) in [5.74, 6) is -0.879. The Bertz CT molecular complexity index is 1260. The summed E-state index contributed by atoms with van der Waals surface area (Å²) >= 11 is 0. The normalized spacial score (nSPS) is 22.4. The topological polar surface area (TPSA) is 87.2 Å². The quantitative estimate of drug-likeness (QED) is 0.520. The average Bonchev–Trinajstić information content (AvgIpc) is 2.70. The molecule has 170 valence electrons. The number of H-pyrrole nitrogens is 1. The monoisotopic (exact) mass is 451 g/mol. The molecule has 0 amide bonds. The van der Waals surface area contributed by atoms with Crippen molar-refractivity contribution in [3.05, 3.63) is 63.8 Å². The fraction of sp³-hybridized carbons (Fsp3) is 0.364.